The van der Waals surface area contributed by atoms with Crippen molar-refractivity contribution in [1.82, 2.24) is 9.88 Å². The second-order valence-corrected chi connectivity index (χ2v) is 3.68. The van der Waals surface area contributed by atoms with Crippen molar-refractivity contribution in [2.24, 2.45) is 0 Å². The highest BCUT2D eigenvalue weighted by Gasteiger charge is 2.20. The zero-order chi connectivity index (χ0) is 12.8. The predicted molar refractivity (Wildman–Crippen MR) is 56.2 cm³/mol. The number of amides is 1. The van der Waals surface area contributed by atoms with Gasteiger partial charge in [-0.25, -0.2) is 9.78 Å². The van der Waals surface area contributed by atoms with Crippen molar-refractivity contribution < 1.29 is 14.7 Å². The molecule has 0 aromatic carbocycles. The Balaban J connectivity index is 2.90. The highest BCUT2D eigenvalue weighted by Crippen LogP contribution is 2.12. The van der Waals surface area contributed by atoms with Crippen LogP contribution in [0.2, 0.25) is 0 Å². The number of carboxylic acids is 1. The summed E-state index contributed by atoms with van der Waals surface area (Å²) in [5.74, 6) is -1.85. The zero-order valence-corrected chi connectivity index (χ0v) is 9.27. The highest BCUT2D eigenvalue weighted by atomic mass is 32.1. The van der Waals surface area contributed by atoms with Crippen LogP contribution in [0, 0.1) is 22.7 Å². The second-order valence-electron chi connectivity index (χ2n) is 2.82. The fourth-order valence-electron chi connectivity index (χ4n) is 0.976. The van der Waals surface area contributed by atoms with Crippen LogP contribution in [0.5, 0.6) is 0 Å². The second kappa shape index (κ2) is 5.58. The molecule has 1 rings (SSSR count). The van der Waals surface area contributed by atoms with Crippen molar-refractivity contribution in [3.63, 3.8) is 0 Å². The minimum atomic E-state index is -1.23. The van der Waals surface area contributed by atoms with E-state index in [-0.39, 0.29) is 23.8 Å². The van der Waals surface area contributed by atoms with E-state index >= 15 is 0 Å². The number of hydrogen-bond donors (Lipinski definition) is 1. The molecule has 0 aliphatic rings. The molecule has 0 aliphatic heterocycles. The van der Waals surface area contributed by atoms with E-state index in [4.69, 9.17) is 15.6 Å². The summed E-state index contributed by atoms with van der Waals surface area (Å²) in [6.45, 7) is -0.483. The van der Waals surface area contributed by atoms with Crippen molar-refractivity contribution in [2.75, 3.05) is 13.1 Å². The van der Waals surface area contributed by atoms with Crippen molar-refractivity contribution >= 4 is 23.2 Å². The van der Waals surface area contributed by atoms with E-state index in [2.05, 4.69) is 4.98 Å². The summed E-state index contributed by atoms with van der Waals surface area (Å²) in [5, 5.41) is 26.8. The lowest BCUT2D eigenvalue weighted by Crippen LogP contribution is -2.31. The number of thiazole rings is 1. The lowest BCUT2D eigenvalue weighted by atomic mass is 10.4. The SMILES string of the molecule is N#CCN(CC#N)C(=O)c1nc(C(=O)O)cs1. The van der Waals surface area contributed by atoms with Crippen LogP contribution in [-0.4, -0.2) is 40.0 Å². The Kier molecular flexibility index (Phi) is 4.14. The number of aromatic carboxylic acids is 1. The van der Waals surface area contributed by atoms with Crippen LogP contribution < -0.4 is 0 Å². The molecule has 0 aliphatic carbocycles. The van der Waals surface area contributed by atoms with Gasteiger partial charge in [-0.2, -0.15) is 10.5 Å². The van der Waals surface area contributed by atoms with Crippen molar-refractivity contribution in [2.45, 2.75) is 0 Å². The Morgan fingerprint density at radius 1 is 1.41 bits per heavy atom. The topological polar surface area (TPSA) is 118 Å². The molecule has 1 amide bonds. The number of rotatable bonds is 4. The standard InChI is InChI=1S/C9H6N4O3S/c10-1-3-13(4-2-11)8(14)7-12-6(5-17-7)9(15)16/h5H,3-4H2,(H,15,16). The molecule has 0 unspecified atom stereocenters. The van der Waals surface area contributed by atoms with Crippen LogP contribution in [0.4, 0.5) is 0 Å². The molecule has 7 nitrogen and oxygen atoms in total. The first kappa shape index (κ1) is 12.6. The van der Waals surface area contributed by atoms with Gasteiger partial charge in [0.2, 0.25) is 0 Å². The summed E-state index contributed by atoms with van der Waals surface area (Å²) in [4.78, 5) is 26.9. The minimum absolute atomic E-state index is 0.0482. The van der Waals surface area contributed by atoms with E-state index in [1.807, 2.05) is 0 Å². The third kappa shape index (κ3) is 3.00. The summed E-state index contributed by atoms with van der Waals surface area (Å²) in [7, 11) is 0. The maximum absolute atomic E-state index is 11.7. The van der Waals surface area contributed by atoms with E-state index in [0.29, 0.717) is 0 Å². The Morgan fingerprint density at radius 2 is 2.00 bits per heavy atom. The van der Waals surface area contributed by atoms with E-state index in [1.165, 1.54) is 5.38 Å². The normalized spacial score (nSPS) is 9.06. The monoisotopic (exact) mass is 250 g/mol. The van der Waals surface area contributed by atoms with E-state index in [0.717, 1.165) is 16.2 Å². The van der Waals surface area contributed by atoms with Gasteiger partial charge in [-0.1, -0.05) is 0 Å². The van der Waals surface area contributed by atoms with Crippen molar-refractivity contribution in [3.8, 4) is 12.1 Å². The van der Waals surface area contributed by atoms with E-state index < -0.39 is 11.9 Å². The molecule has 8 heteroatoms. The Morgan fingerprint density at radius 3 is 2.41 bits per heavy atom. The summed E-state index contributed by atoms with van der Waals surface area (Å²) >= 11 is 0.864. The van der Waals surface area contributed by atoms with Gasteiger partial charge in [-0.3, -0.25) is 4.79 Å². The molecule has 1 heterocycles. The molecule has 1 N–H and O–H groups in total. The molecular weight excluding hydrogens is 244 g/mol. The average Bonchev–Trinajstić information content (AvgIpc) is 2.77. The van der Waals surface area contributed by atoms with Crippen LogP contribution in [0.25, 0.3) is 0 Å². The molecule has 1 aromatic heterocycles. The first-order chi connectivity index (χ1) is 8.10. The lowest BCUT2D eigenvalue weighted by molar-refractivity contribution is 0.0691. The van der Waals surface area contributed by atoms with Gasteiger partial charge in [-0.15, -0.1) is 11.3 Å². The summed E-state index contributed by atoms with van der Waals surface area (Å²) in [6, 6.07) is 3.49. The molecule has 0 saturated heterocycles. The molecule has 0 fully saturated rings. The highest BCUT2D eigenvalue weighted by molar-refractivity contribution is 7.11. The first-order valence-corrected chi connectivity index (χ1v) is 5.20. The fraction of sp³-hybridized carbons (Fsp3) is 0.222. The zero-order valence-electron chi connectivity index (χ0n) is 8.45. The average molecular weight is 250 g/mol. The maximum Gasteiger partial charge on any atom is 0.355 e. The quantitative estimate of drug-likeness (QED) is 0.769. The first-order valence-electron chi connectivity index (χ1n) is 4.32. The predicted octanol–water partition coefficient (Wildman–Crippen LogP) is 0.331. The smallest absolute Gasteiger partial charge is 0.355 e. The van der Waals surface area contributed by atoms with Crippen LogP contribution in [0.1, 0.15) is 20.3 Å². The molecule has 1 aromatic rings. The largest absolute Gasteiger partial charge is 0.476 e. The molecule has 86 valence electrons. The number of nitrogens with zero attached hydrogens (tertiary/aromatic N) is 4. The molecule has 0 spiro atoms. The third-order valence-corrected chi connectivity index (χ3v) is 2.55. The summed E-state index contributed by atoms with van der Waals surface area (Å²) < 4.78 is 0. The molecule has 0 saturated carbocycles. The van der Waals surface area contributed by atoms with E-state index in [9.17, 15) is 9.59 Å². The van der Waals surface area contributed by atoms with Crippen LogP contribution in [0.15, 0.2) is 5.38 Å². The number of nitriles is 2. The molecule has 0 bridgehead atoms. The molecule has 0 atom stereocenters. The Bertz CT molecular complexity index is 509. The van der Waals surface area contributed by atoms with Gasteiger partial charge in [0.15, 0.2) is 10.7 Å². The van der Waals surface area contributed by atoms with Crippen LogP contribution in [-0.2, 0) is 0 Å². The van der Waals surface area contributed by atoms with Gasteiger partial charge >= 0.3 is 5.97 Å². The lowest BCUT2D eigenvalue weighted by Gasteiger charge is -2.13. The van der Waals surface area contributed by atoms with Gasteiger partial charge in [0, 0.05) is 5.38 Å². The minimum Gasteiger partial charge on any atom is -0.476 e. The fourth-order valence-corrected chi connectivity index (χ4v) is 1.73. The van der Waals surface area contributed by atoms with Crippen LogP contribution >= 0.6 is 11.3 Å². The summed E-state index contributed by atoms with van der Waals surface area (Å²) in [6.07, 6.45) is 0. The molecular formula is C9H6N4O3S. The third-order valence-electron chi connectivity index (χ3n) is 1.72. The van der Waals surface area contributed by atoms with Gasteiger partial charge in [-0.05, 0) is 0 Å². The van der Waals surface area contributed by atoms with Gasteiger partial charge in [0.05, 0.1) is 12.1 Å². The van der Waals surface area contributed by atoms with Gasteiger partial charge < -0.3 is 10.0 Å². The van der Waals surface area contributed by atoms with Crippen molar-refractivity contribution in [1.29, 1.82) is 10.5 Å². The number of aromatic nitrogens is 1. The Hall–Kier alpha value is -2.45. The number of carbonyl (C=O) groups is 2. The number of carbonyl (C=O) groups excluding carboxylic acids is 1. The van der Waals surface area contributed by atoms with Gasteiger partial charge in [0.1, 0.15) is 13.1 Å². The van der Waals surface area contributed by atoms with Crippen molar-refractivity contribution in [3.05, 3.63) is 16.1 Å². The van der Waals surface area contributed by atoms with Crippen LogP contribution in [0.3, 0.4) is 0 Å². The summed E-state index contributed by atoms with van der Waals surface area (Å²) in [5.41, 5.74) is -0.229. The number of carboxylic acid groups (broad SMARTS) is 1. The number of hydrogen-bond acceptors (Lipinski definition) is 6. The molecule has 17 heavy (non-hydrogen) atoms. The van der Waals surface area contributed by atoms with Gasteiger partial charge in [0.25, 0.3) is 5.91 Å². The van der Waals surface area contributed by atoms with E-state index in [1.54, 1.807) is 12.1 Å². The maximum atomic E-state index is 11.7. The Labute approximate surface area is 100 Å². The molecule has 0 radical (unpaired) electrons.